The average molecular weight is 264 g/mol. The Bertz CT molecular complexity index is 433. The zero-order valence-electron chi connectivity index (χ0n) is 12.1. The third kappa shape index (κ3) is 1.95. The van der Waals surface area contributed by atoms with E-state index in [1.807, 2.05) is 6.92 Å². The van der Waals surface area contributed by atoms with Gasteiger partial charge < -0.3 is 14.6 Å². The van der Waals surface area contributed by atoms with E-state index in [4.69, 9.17) is 9.47 Å². The molecule has 0 amide bonds. The summed E-state index contributed by atoms with van der Waals surface area (Å²) in [5.41, 5.74) is 2.16. The van der Waals surface area contributed by atoms with E-state index < -0.39 is 5.60 Å². The van der Waals surface area contributed by atoms with Gasteiger partial charge in [0.25, 0.3) is 0 Å². The molecule has 0 heterocycles. The van der Waals surface area contributed by atoms with Crippen molar-refractivity contribution in [2.24, 2.45) is 11.8 Å². The van der Waals surface area contributed by atoms with E-state index in [2.05, 4.69) is 6.08 Å². The minimum absolute atomic E-state index is 0.0616. The summed E-state index contributed by atoms with van der Waals surface area (Å²) in [4.78, 5) is 0. The lowest BCUT2D eigenvalue weighted by Crippen LogP contribution is -2.51. The topological polar surface area (TPSA) is 38.7 Å². The van der Waals surface area contributed by atoms with Crippen LogP contribution in [0.2, 0.25) is 0 Å². The second kappa shape index (κ2) is 4.64. The Morgan fingerprint density at radius 1 is 1.32 bits per heavy atom. The molecule has 0 unspecified atom stereocenters. The highest BCUT2D eigenvalue weighted by atomic mass is 16.5. The third-order valence-corrected chi connectivity index (χ3v) is 5.20. The average Bonchev–Trinajstić information content (AvgIpc) is 2.41. The van der Waals surface area contributed by atoms with Gasteiger partial charge in [0.05, 0.1) is 12.7 Å². The monoisotopic (exact) mass is 264 g/mol. The van der Waals surface area contributed by atoms with E-state index in [9.17, 15) is 5.11 Å². The van der Waals surface area contributed by atoms with Gasteiger partial charge in [0.2, 0.25) is 0 Å². The predicted molar refractivity (Wildman–Crippen MR) is 73.6 cm³/mol. The van der Waals surface area contributed by atoms with Crippen LogP contribution in [-0.2, 0) is 9.47 Å². The van der Waals surface area contributed by atoms with Gasteiger partial charge in [-0.25, -0.2) is 0 Å². The zero-order valence-corrected chi connectivity index (χ0v) is 12.1. The zero-order chi connectivity index (χ0) is 13.6. The normalized spacial score (nSPS) is 41.7. The van der Waals surface area contributed by atoms with E-state index in [-0.39, 0.29) is 12.0 Å². The van der Waals surface area contributed by atoms with Crippen molar-refractivity contribution in [3.05, 3.63) is 23.0 Å². The minimum atomic E-state index is -0.687. The summed E-state index contributed by atoms with van der Waals surface area (Å²) in [6.45, 7) is 1.96. The van der Waals surface area contributed by atoms with Gasteiger partial charge in [0.1, 0.15) is 11.9 Å². The fourth-order valence-electron chi connectivity index (χ4n) is 4.30. The van der Waals surface area contributed by atoms with Gasteiger partial charge in [0, 0.05) is 13.0 Å². The van der Waals surface area contributed by atoms with Crippen molar-refractivity contribution < 1.29 is 14.6 Å². The first-order valence-corrected chi connectivity index (χ1v) is 7.32. The van der Waals surface area contributed by atoms with Crippen LogP contribution in [0.5, 0.6) is 0 Å². The Hall–Kier alpha value is -0.800. The molecule has 3 heteroatoms. The highest BCUT2D eigenvalue weighted by Crippen LogP contribution is 2.52. The van der Waals surface area contributed by atoms with Crippen molar-refractivity contribution in [2.45, 2.75) is 50.7 Å². The van der Waals surface area contributed by atoms with Crippen molar-refractivity contribution in [3.63, 3.8) is 0 Å². The molecule has 3 nitrogen and oxygen atoms in total. The Balaban J connectivity index is 2.11. The molecule has 1 fully saturated rings. The third-order valence-electron chi connectivity index (χ3n) is 5.20. The summed E-state index contributed by atoms with van der Waals surface area (Å²) in [6, 6.07) is 0. The summed E-state index contributed by atoms with van der Waals surface area (Å²) in [5, 5.41) is 10.8. The molecule has 0 radical (unpaired) electrons. The van der Waals surface area contributed by atoms with Crippen molar-refractivity contribution >= 4 is 0 Å². The number of allylic oxidation sites excluding steroid dienone is 2. The molecule has 0 saturated heterocycles. The van der Waals surface area contributed by atoms with E-state index in [1.165, 1.54) is 24.0 Å². The second-order valence-corrected chi connectivity index (χ2v) is 6.35. The molecule has 1 N–H and O–H groups in total. The summed E-state index contributed by atoms with van der Waals surface area (Å²) >= 11 is 0. The smallest absolute Gasteiger partial charge is 0.125 e. The van der Waals surface area contributed by atoms with Gasteiger partial charge in [-0.1, -0.05) is 5.57 Å². The fraction of sp³-hybridized carbons (Fsp3) is 0.750. The summed E-state index contributed by atoms with van der Waals surface area (Å²) in [7, 11) is 3.41. The fourth-order valence-corrected chi connectivity index (χ4v) is 4.30. The van der Waals surface area contributed by atoms with Gasteiger partial charge in [-0.05, 0) is 56.6 Å². The molecular formula is C16H24O3. The first kappa shape index (κ1) is 13.2. The first-order chi connectivity index (χ1) is 9.08. The molecule has 0 spiro atoms. The molecule has 0 aromatic rings. The molecule has 0 bridgehead atoms. The van der Waals surface area contributed by atoms with E-state index in [0.29, 0.717) is 5.92 Å². The molecule has 19 heavy (non-hydrogen) atoms. The number of aliphatic hydroxyl groups is 1. The first-order valence-electron chi connectivity index (χ1n) is 7.32. The van der Waals surface area contributed by atoms with Gasteiger partial charge in [-0.3, -0.25) is 0 Å². The van der Waals surface area contributed by atoms with Crippen LogP contribution < -0.4 is 0 Å². The Morgan fingerprint density at radius 3 is 2.79 bits per heavy atom. The van der Waals surface area contributed by atoms with Gasteiger partial charge in [-0.2, -0.15) is 0 Å². The standard InChI is InChI=1S/C16H24O3/c1-16(17)8-7-10-5-4-6-11-9-12(18-2)15(19-3)14(16)13(10)11/h9-10,14-15,17H,4-8H2,1-3H3/t10-,14+,15-,16-/m1/s1. The molecule has 3 aliphatic carbocycles. The minimum Gasteiger partial charge on any atom is -0.498 e. The molecule has 3 rings (SSSR count). The van der Waals surface area contributed by atoms with Crippen LogP contribution in [0.25, 0.3) is 0 Å². The maximum absolute atomic E-state index is 10.8. The van der Waals surface area contributed by atoms with E-state index in [1.54, 1.807) is 14.2 Å². The molecule has 4 atom stereocenters. The van der Waals surface area contributed by atoms with Crippen LogP contribution in [0.3, 0.4) is 0 Å². The lowest BCUT2D eigenvalue weighted by molar-refractivity contribution is -0.0847. The number of rotatable bonds is 2. The van der Waals surface area contributed by atoms with Gasteiger partial charge in [-0.15, -0.1) is 0 Å². The molecule has 3 aliphatic rings. The maximum atomic E-state index is 10.8. The lowest BCUT2D eigenvalue weighted by Gasteiger charge is -2.50. The highest BCUT2D eigenvalue weighted by Gasteiger charge is 2.50. The van der Waals surface area contributed by atoms with Crippen LogP contribution in [0.4, 0.5) is 0 Å². The quantitative estimate of drug-likeness (QED) is 0.833. The highest BCUT2D eigenvalue weighted by molar-refractivity contribution is 5.42. The summed E-state index contributed by atoms with van der Waals surface area (Å²) in [6.07, 6.45) is 7.61. The van der Waals surface area contributed by atoms with Crippen LogP contribution in [-0.4, -0.2) is 31.0 Å². The Morgan fingerprint density at radius 2 is 2.11 bits per heavy atom. The number of methoxy groups -OCH3 is 2. The predicted octanol–water partition coefficient (Wildman–Crippen LogP) is 2.80. The van der Waals surface area contributed by atoms with Gasteiger partial charge >= 0.3 is 0 Å². The number of hydrogen-bond donors (Lipinski definition) is 1. The van der Waals surface area contributed by atoms with Gasteiger partial charge in [0.15, 0.2) is 0 Å². The van der Waals surface area contributed by atoms with Crippen LogP contribution in [0, 0.1) is 11.8 Å². The van der Waals surface area contributed by atoms with Crippen molar-refractivity contribution in [1.29, 1.82) is 0 Å². The van der Waals surface area contributed by atoms with E-state index >= 15 is 0 Å². The van der Waals surface area contributed by atoms with Crippen LogP contribution >= 0.6 is 0 Å². The van der Waals surface area contributed by atoms with E-state index in [0.717, 1.165) is 25.0 Å². The molecular weight excluding hydrogens is 240 g/mol. The van der Waals surface area contributed by atoms with Crippen molar-refractivity contribution in [3.8, 4) is 0 Å². The number of hydrogen-bond acceptors (Lipinski definition) is 3. The SMILES string of the molecule is COC1=CC2=C3[C@H](CCC2)CC[C@@](C)(O)[C@@H]3[C@@H]1OC. The van der Waals surface area contributed by atoms with Crippen molar-refractivity contribution in [1.82, 2.24) is 0 Å². The largest absolute Gasteiger partial charge is 0.498 e. The van der Waals surface area contributed by atoms with Crippen molar-refractivity contribution in [2.75, 3.05) is 14.2 Å². The molecule has 1 saturated carbocycles. The van der Waals surface area contributed by atoms with Crippen LogP contribution in [0.15, 0.2) is 23.0 Å². The lowest BCUT2D eigenvalue weighted by atomic mass is 9.60. The second-order valence-electron chi connectivity index (χ2n) is 6.35. The molecule has 0 aromatic heterocycles. The molecule has 0 aromatic carbocycles. The summed E-state index contributed by atoms with van der Waals surface area (Å²) in [5.74, 6) is 1.57. The Kier molecular flexibility index (Phi) is 3.22. The van der Waals surface area contributed by atoms with Crippen LogP contribution in [0.1, 0.15) is 39.0 Å². The number of ether oxygens (including phenoxy) is 2. The summed E-state index contributed by atoms with van der Waals surface area (Å²) < 4.78 is 11.2. The maximum Gasteiger partial charge on any atom is 0.125 e. The Labute approximate surface area is 115 Å². The molecule has 106 valence electrons. The molecule has 0 aliphatic heterocycles.